The molecule has 0 saturated heterocycles. The van der Waals surface area contributed by atoms with Gasteiger partial charge in [0.05, 0.1) is 17.9 Å². The molecule has 2 aromatic rings. The van der Waals surface area contributed by atoms with Crippen LogP contribution in [0.15, 0.2) is 16.7 Å². The van der Waals surface area contributed by atoms with Gasteiger partial charge in [0.25, 0.3) is 0 Å². The van der Waals surface area contributed by atoms with E-state index < -0.39 is 11.8 Å². The van der Waals surface area contributed by atoms with Gasteiger partial charge < -0.3 is 14.1 Å². The second-order valence-electron chi connectivity index (χ2n) is 3.43. The fourth-order valence-electron chi connectivity index (χ4n) is 1.29. The number of carbonyl (C=O) groups is 1. The zero-order chi connectivity index (χ0) is 13.0. The predicted octanol–water partition coefficient (Wildman–Crippen LogP) is 3.49. The van der Waals surface area contributed by atoms with Crippen molar-refractivity contribution in [3.63, 3.8) is 0 Å². The highest BCUT2D eigenvalue weighted by atomic mass is 19.1. The first-order chi connectivity index (χ1) is 8.09. The van der Waals surface area contributed by atoms with Crippen LogP contribution in [0.2, 0.25) is 0 Å². The molecule has 4 nitrogen and oxygen atoms in total. The first kappa shape index (κ1) is 13.3. The molecule has 0 saturated carbocycles. The number of fused-ring (bicyclic) bond motifs is 1. The molecule has 1 N–H and O–H groups in total. The first-order valence-corrected chi connectivity index (χ1v) is 5.55. The Hall–Kier alpha value is -1.78. The van der Waals surface area contributed by atoms with E-state index in [2.05, 4.69) is 4.98 Å². The highest BCUT2D eigenvalue weighted by molar-refractivity contribution is 5.93. The maximum atomic E-state index is 13.5. The Kier molecular flexibility index (Phi) is 4.31. The lowest BCUT2D eigenvalue weighted by molar-refractivity contribution is 0.0366. The second-order valence-corrected chi connectivity index (χ2v) is 3.43. The quantitative estimate of drug-likeness (QED) is 0.819. The molecule has 0 aliphatic heterocycles. The van der Waals surface area contributed by atoms with Crippen molar-refractivity contribution in [3.05, 3.63) is 23.8 Å². The van der Waals surface area contributed by atoms with Crippen LogP contribution in [0, 0.1) is 5.82 Å². The molecule has 5 heteroatoms. The van der Waals surface area contributed by atoms with Crippen molar-refractivity contribution >= 4 is 17.1 Å². The van der Waals surface area contributed by atoms with Gasteiger partial charge in [-0.1, -0.05) is 13.8 Å². The molecule has 17 heavy (non-hydrogen) atoms. The Bertz CT molecular complexity index is 499. The fourth-order valence-corrected chi connectivity index (χ4v) is 1.29. The molecule has 0 unspecified atom stereocenters. The van der Waals surface area contributed by atoms with E-state index in [4.69, 9.17) is 9.15 Å². The number of rotatable bonds is 2. The molecular weight excluding hydrogens is 225 g/mol. The first-order valence-electron chi connectivity index (χ1n) is 5.55. The molecule has 94 valence electrons. The summed E-state index contributed by atoms with van der Waals surface area (Å²) in [6.07, 6.45) is 1.06. The summed E-state index contributed by atoms with van der Waals surface area (Å²) >= 11 is 0. The Morgan fingerprint density at radius 2 is 2.12 bits per heavy atom. The molecule has 0 aromatic carbocycles. The van der Waals surface area contributed by atoms with E-state index in [0.29, 0.717) is 5.52 Å². The van der Waals surface area contributed by atoms with Crippen LogP contribution in [-0.2, 0) is 4.74 Å². The van der Waals surface area contributed by atoms with Crippen molar-refractivity contribution in [3.8, 4) is 0 Å². The van der Waals surface area contributed by atoms with E-state index in [9.17, 15) is 9.18 Å². The molecule has 0 bridgehead atoms. The van der Waals surface area contributed by atoms with Gasteiger partial charge in [0.2, 0.25) is 0 Å². The SMILES string of the molecule is CC.CC(C)OC(=O)c1[nH]c2ccoc2c1F. The van der Waals surface area contributed by atoms with Crippen molar-refractivity contribution in [2.45, 2.75) is 33.8 Å². The van der Waals surface area contributed by atoms with E-state index in [1.807, 2.05) is 13.8 Å². The molecule has 0 radical (unpaired) electrons. The molecule has 0 aliphatic rings. The zero-order valence-electron chi connectivity index (χ0n) is 10.3. The summed E-state index contributed by atoms with van der Waals surface area (Å²) in [5.74, 6) is -1.42. The van der Waals surface area contributed by atoms with Gasteiger partial charge in [-0.15, -0.1) is 0 Å². The lowest BCUT2D eigenvalue weighted by Crippen LogP contribution is -2.13. The van der Waals surface area contributed by atoms with Gasteiger partial charge >= 0.3 is 5.97 Å². The lowest BCUT2D eigenvalue weighted by atomic mass is 10.4. The molecule has 2 heterocycles. The van der Waals surface area contributed by atoms with Crippen molar-refractivity contribution in [1.82, 2.24) is 4.98 Å². The molecule has 2 rings (SSSR count). The van der Waals surface area contributed by atoms with Crippen molar-refractivity contribution < 1.29 is 18.3 Å². The third-order valence-corrected chi connectivity index (χ3v) is 1.89. The topological polar surface area (TPSA) is 55.2 Å². The molecule has 0 spiro atoms. The number of furan rings is 1. The minimum atomic E-state index is -0.714. The van der Waals surface area contributed by atoms with Crippen LogP contribution < -0.4 is 0 Å². The highest BCUT2D eigenvalue weighted by Gasteiger charge is 2.21. The number of aromatic nitrogens is 1. The predicted molar refractivity (Wildman–Crippen MR) is 62.4 cm³/mol. The van der Waals surface area contributed by atoms with E-state index in [1.54, 1.807) is 19.9 Å². The Morgan fingerprint density at radius 1 is 1.47 bits per heavy atom. The van der Waals surface area contributed by atoms with Gasteiger partial charge in [-0.3, -0.25) is 0 Å². The van der Waals surface area contributed by atoms with Gasteiger partial charge in [0.15, 0.2) is 17.1 Å². The van der Waals surface area contributed by atoms with Crippen LogP contribution >= 0.6 is 0 Å². The van der Waals surface area contributed by atoms with Gasteiger partial charge in [-0.05, 0) is 13.8 Å². The van der Waals surface area contributed by atoms with Gasteiger partial charge in [0, 0.05) is 6.07 Å². The summed E-state index contributed by atoms with van der Waals surface area (Å²) in [4.78, 5) is 14.0. The standard InChI is InChI=1S/C10H10FNO3.C2H6/c1-5(2)15-10(13)8-7(11)9-6(12-8)3-4-14-9;1-2/h3-5,12H,1-2H3;1-2H3. The smallest absolute Gasteiger partial charge is 0.358 e. The van der Waals surface area contributed by atoms with Gasteiger partial charge in [0.1, 0.15) is 0 Å². The highest BCUT2D eigenvalue weighted by Crippen LogP contribution is 2.22. The average Bonchev–Trinajstić information content (AvgIpc) is 2.84. The van der Waals surface area contributed by atoms with Crippen LogP contribution in [0.3, 0.4) is 0 Å². The largest absolute Gasteiger partial charge is 0.460 e. The lowest BCUT2D eigenvalue weighted by Gasteiger charge is -2.05. The van der Waals surface area contributed by atoms with Crippen LogP contribution in [0.4, 0.5) is 4.39 Å². The Labute approximate surface area is 98.8 Å². The summed E-state index contributed by atoms with van der Waals surface area (Å²) in [6.45, 7) is 7.39. The number of H-pyrrole nitrogens is 1. The third-order valence-electron chi connectivity index (χ3n) is 1.89. The average molecular weight is 241 g/mol. The Balaban J connectivity index is 0.000000686. The molecule has 0 atom stereocenters. The van der Waals surface area contributed by atoms with Crippen LogP contribution in [0.1, 0.15) is 38.2 Å². The van der Waals surface area contributed by atoms with E-state index in [1.165, 1.54) is 6.26 Å². The number of hydrogen-bond acceptors (Lipinski definition) is 3. The molecular formula is C12H16FNO3. The Morgan fingerprint density at radius 3 is 2.65 bits per heavy atom. The normalized spacial score (nSPS) is 10.2. The van der Waals surface area contributed by atoms with Crippen LogP contribution in [0.5, 0.6) is 0 Å². The number of nitrogens with one attached hydrogen (secondary N) is 1. The number of esters is 1. The number of carbonyl (C=O) groups excluding carboxylic acids is 1. The number of ether oxygens (including phenoxy) is 1. The fraction of sp³-hybridized carbons (Fsp3) is 0.417. The van der Waals surface area contributed by atoms with Crippen LogP contribution in [-0.4, -0.2) is 17.1 Å². The number of aromatic amines is 1. The second kappa shape index (κ2) is 5.52. The monoisotopic (exact) mass is 241 g/mol. The molecule has 0 fully saturated rings. The summed E-state index contributed by atoms with van der Waals surface area (Å²) in [5, 5.41) is 0. The van der Waals surface area contributed by atoms with E-state index in [0.717, 1.165) is 0 Å². The maximum absolute atomic E-state index is 13.5. The summed E-state index contributed by atoms with van der Waals surface area (Å²) < 4.78 is 23.3. The van der Waals surface area contributed by atoms with Crippen LogP contribution in [0.25, 0.3) is 11.1 Å². The summed E-state index contributed by atoms with van der Waals surface area (Å²) in [7, 11) is 0. The van der Waals surface area contributed by atoms with Crippen molar-refractivity contribution in [2.24, 2.45) is 0 Å². The minimum absolute atomic E-state index is 0.0470. The summed E-state index contributed by atoms with van der Waals surface area (Å²) in [5.41, 5.74) is 0.298. The number of hydrogen-bond donors (Lipinski definition) is 1. The van der Waals surface area contributed by atoms with E-state index in [-0.39, 0.29) is 17.4 Å². The minimum Gasteiger partial charge on any atom is -0.460 e. The van der Waals surface area contributed by atoms with Crippen molar-refractivity contribution in [1.29, 1.82) is 0 Å². The molecule has 0 amide bonds. The number of halogens is 1. The summed E-state index contributed by atoms with van der Waals surface area (Å²) in [6, 6.07) is 1.55. The van der Waals surface area contributed by atoms with Crippen molar-refractivity contribution in [2.75, 3.05) is 0 Å². The van der Waals surface area contributed by atoms with E-state index >= 15 is 0 Å². The maximum Gasteiger partial charge on any atom is 0.358 e. The zero-order valence-corrected chi connectivity index (χ0v) is 10.3. The van der Waals surface area contributed by atoms with Gasteiger partial charge in [-0.2, -0.15) is 0 Å². The third kappa shape index (κ3) is 2.67. The van der Waals surface area contributed by atoms with Gasteiger partial charge in [-0.25, -0.2) is 9.18 Å². The molecule has 2 aromatic heterocycles. The molecule has 0 aliphatic carbocycles.